The Morgan fingerprint density at radius 1 is 0.857 bits per heavy atom. The van der Waals surface area contributed by atoms with Crippen molar-refractivity contribution in [2.75, 3.05) is 5.73 Å². The number of hydrogen-bond donors (Lipinski definition) is 1. The van der Waals surface area contributed by atoms with Crippen LogP contribution in [0.2, 0.25) is 0 Å². The predicted octanol–water partition coefficient (Wildman–Crippen LogP) is 4.02. The fraction of sp³-hybridized carbons (Fsp3) is 0.0588. The van der Waals surface area contributed by atoms with Gasteiger partial charge in [0.05, 0.1) is 11.4 Å². The first-order valence-electron chi connectivity index (χ1n) is 6.68. The highest BCUT2D eigenvalue weighted by Gasteiger charge is 2.05. The third-order valence-electron chi connectivity index (χ3n) is 2.97. The second kappa shape index (κ2) is 6.41. The van der Waals surface area contributed by atoms with E-state index < -0.39 is 0 Å². The van der Waals surface area contributed by atoms with E-state index in [1.807, 2.05) is 54.6 Å². The van der Waals surface area contributed by atoms with Crippen molar-refractivity contribution >= 4 is 17.6 Å². The summed E-state index contributed by atoms with van der Waals surface area (Å²) >= 11 is 1.71. The van der Waals surface area contributed by atoms with Crippen molar-refractivity contribution in [2.24, 2.45) is 0 Å². The molecule has 2 aromatic carbocycles. The van der Waals surface area contributed by atoms with Crippen molar-refractivity contribution in [3.63, 3.8) is 0 Å². The van der Waals surface area contributed by atoms with Gasteiger partial charge in [-0.1, -0.05) is 48.5 Å². The third kappa shape index (κ3) is 3.61. The minimum atomic E-state index is 0.507. The molecule has 0 aliphatic rings. The van der Waals surface area contributed by atoms with Gasteiger partial charge in [0.25, 0.3) is 0 Å². The smallest absolute Gasteiger partial charge is 0.141 e. The predicted molar refractivity (Wildman–Crippen MR) is 87.9 cm³/mol. The van der Waals surface area contributed by atoms with Gasteiger partial charge in [0.2, 0.25) is 0 Å². The molecule has 0 spiro atoms. The van der Waals surface area contributed by atoms with Gasteiger partial charge < -0.3 is 5.73 Å². The molecule has 4 heteroatoms. The van der Waals surface area contributed by atoms with E-state index in [9.17, 15) is 0 Å². The lowest BCUT2D eigenvalue weighted by molar-refractivity contribution is 1.05. The molecular weight excluding hydrogens is 278 g/mol. The summed E-state index contributed by atoms with van der Waals surface area (Å²) in [5, 5.41) is 0. The number of benzene rings is 2. The molecule has 0 bridgehead atoms. The quantitative estimate of drug-likeness (QED) is 0.738. The Balaban J connectivity index is 1.82. The van der Waals surface area contributed by atoms with E-state index in [0.717, 1.165) is 17.1 Å². The second-order valence-corrected chi connectivity index (χ2v) is 5.61. The standard InChI is InChI=1S/C17H15N3S/c18-16-11-15(13-7-3-1-4-8-13)19-17(20-16)12-21-14-9-5-2-6-10-14/h1-11H,12H2,(H2,18,19,20). The van der Waals surface area contributed by atoms with E-state index in [2.05, 4.69) is 22.1 Å². The Bertz CT molecular complexity index is 715. The largest absolute Gasteiger partial charge is 0.384 e. The fourth-order valence-corrected chi connectivity index (χ4v) is 2.78. The highest BCUT2D eigenvalue weighted by molar-refractivity contribution is 7.98. The number of nitrogens with zero attached hydrogens (tertiary/aromatic N) is 2. The lowest BCUT2D eigenvalue weighted by Gasteiger charge is -2.06. The molecule has 21 heavy (non-hydrogen) atoms. The van der Waals surface area contributed by atoms with Gasteiger partial charge in [-0.25, -0.2) is 9.97 Å². The minimum Gasteiger partial charge on any atom is -0.384 e. The summed E-state index contributed by atoms with van der Waals surface area (Å²) in [5.41, 5.74) is 7.83. The molecule has 0 unspecified atom stereocenters. The van der Waals surface area contributed by atoms with Crippen LogP contribution in [0.5, 0.6) is 0 Å². The first kappa shape index (κ1) is 13.6. The molecule has 0 aliphatic heterocycles. The molecule has 0 atom stereocenters. The molecule has 0 aliphatic carbocycles. The van der Waals surface area contributed by atoms with Crippen molar-refractivity contribution in [2.45, 2.75) is 10.6 Å². The summed E-state index contributed by atoms with van der Waals surface area (Å²) < 4.78 is 0. The molecule has 3 aromatic rings. The third-order valence-corrected chi connectivity index (χ3v) is 3.98. The molecule has 0 amide bonds. The molecule has 1 aromatic heterocycles. The van der Waals surface area contributed by atoms with Crippen LogP contribution in [0.4, 0.5) is 5.82 Å². The highest BCUT2D eigenvalue weighted by atomic mass is 32.2. The lowest BCUT2D eigenvalue weighted by atomic mass is 10.1. The van der Waals surface area contributed by atoms with Gasteiger partial charge in [-0.05, 0) is 12.1 Å². The highest BCUT2D eigenvalue weighted by Crippen LogP contribution is 2.23. The number of thioether (sulfide) groups is 1. The average Bonchev–Trinajstić information content (AvgIpc) is 2.54. The maximum absolute atomic E-state index is 5.91. The molecule has 104 valence electrons. The van der Waals surface area contributed by atoms with Crippen LogP contribution >= 0.6 is 11.8 Å². The summed E-state index contributed by atoms with van der Waals surface area (Å²) in [6, 6.07) is 22.0. The monoisotopic (exact) mass is 293 g/mol. The van der Waals surface area contributed by atoms with Crippen LogP contribution in [-0.4, -0.2) is 9.97 Å². The van der Waals surface area contributed by atoms with Crippen molar-refractivity contribution in [1.29, 1.82) is 0 Å². The summed E-state index contributed by atoms with van der Waals surface area (Å²) in [7, 11) is 0. The maximum Gasteiger partial charge on any atom is 0.141 e. The number of anilines is 1. The van der Waals surface area contributed by atoms with Crippen LogP contribution in [-0.2, 0) is 5.75 Å². The molecule has 3 rings (SSSR count). The van der Waals surface area contributed by atoms with E-state index in [1.165, 1.54) is 4.90 Å². The molecule has 0 radical (unpaired) electrons. The molecule has 1 heterocycles. The number of rotatable bonds is 4. The van der Waals surface area contributed by atoms with E-state index >= 15 is 0 Å². The summed E-state index contributed by atoms with van der Waals surface area (Å²) in [6.07, 6.45) is 0. The number of aromatic nitrogens is 2. The Morgan fingerprint density at radius 2 is 1.52 bits per heavy atom. The molecule has 2 N–H and O–H groups in total. The van der Waals surface area contributed by atoms with Crippen LogP contribution < -0.4 is 5.73 Å². The number of nitrogen functional groups attached to an aromatic ring is 1. The van der Waals surface area contributed by atoms with E-state index in [4.69, 9.17) is 5.73 Å². The van der Waals surface area contributed by atoms with Gasteiger partial charge in [-0.15, -0.1) is 11.8 Å². The van der Waals surface area contributed by atoms with Crippen molar-refractivity contribution in [3.05, 3.63) is 72.6 Å². The average molecular weight is 293 g/mol. The van der Waals surface area contributed by atoms with Gasteiger partial charge in [0.15, 0.2) is 0 Å². The normalized spacial score (nSPS) is 10.5. The van der Waals surface area contributed by atoms with Gasteiger partial charge >= 0.3 is 0 Å². The molecule has 0 saturated carbocycles. The van der Waals surface area contributed by atoms with Gasteiger partial charge in [0.1, 0.15) is 11.6 Å². The second-order valence-electron chi connectivity index (χ2n) is 4.56. The molecular formula is C17H15N3S. The lowest BCUT2D eigenvalue weighted by Crippen LogP contribution is -2.00. The zero-order valence-corrected chi connectivity index (χ0v) is 12.3. The summed E-state index contributed by atoms with van der Waals surface area (Å²) in [4.78, 5) is 10.1. The SMILES string of the molecule is Nc1cc(-c2ccccc2)nc(CSc2ccccc2)n1. The minimum absolute atomic E-state index is 0.507. The van der Waals surface area contributed by atoms with E-state index in [-0.39, 0.29) is 0 Å². The summed E-state index contributed by atoms with van der Waals surface area (Å²) in [5.74, 6) is 1.96. The number of hydrogen-bond acceptors (Lipinski definition) is 4. The zero-order valence-electron chi connectivity index (χ0n) is 11.4. The van der Waals surface area contributed by atoms with Crippen molar-refractivity contribution < 1.29 is 0 Å². The van der Waals surface area contributed by atoms with Crippen LogP contribution in [0, 0.1) is 0 Å². The zero-order chi connectivity index (χ0) is 14.5. The molecule has 0 fully saturated rings. The van der Waals surface area contributed by atoms with E-state index in [1.54, 1.807) is 11.8 Å². The van der Waals surface area contributed by atoms with Crippen LogP contribution in [0.15, 0.2) is 71.6 Å². The Hall–Kier alpha value is -2.33. The first-order chi connectivity index (χ1) is 10.3. The van der Waals surface area contributed by atoms with Gasteiger partial charge in [0, 0.05) is 16.5 Å². The fourth-order valence-electron chi connectivity index (χ4n) is 2.00. The first-order valence-corrected chi connectivity index (χ1v) is 7.66. The van der Waals surface area contributed by atoms with Crippen molar-refractivity contribution in [3.8, 4) is 11.3 Å². The van der Waals surface area contributed by atoms with Crippen LogP contribution in [0.1, 0.15) is 5.82 Å². The van der Waals surface area contributed by atoms with Crippen LogP contribution in [0.25, 0.3) is 11.3 Å². The summed E-state index contributed by atoms with van der Waals surface area (Å²) in [6.45, 7) is 0. The Kier molecular flexibility index (Phi) is 4.17. The van der Waals surface area contributed by atoms with Gasteiger partial charge in [-0.3, -0.25) is 0 Å². The number of nitrogens with two attached hydrogens (primary N) is 1. The molecule has 3 nitrogen and oxygen atoms in total. The Labute approximate surface area is 128 Å². The topological polar surface area (TPSA) is 51.8 Å². The molecule has 0 saturated heterocycles. The van der Waals surface area contributed by atoms with Crippen molar-refractivity contribution in [1.82, 2.24) is 9.97 Å². The Morgan fingerprint density at radius 3 is 2.24 bits per heavy atom. The van der Waals surface area contributed by atoms with Crippen LogP contribution in [0.3, 0.4) is 0 Å². The maximum atomic E-state index is 5.91. The van der Waals surface area contributed by atoms with Gasteiger partial charge in [-0.2, -0.15) is 0 Å². The van der Waals surface area contributed by atoms with E-state index in [0.29, 0.717) is 11.6 Å².